The summed E-state index contributed by atoms with van der Waals surface area (Å²) in [6.45, 7) is 0.811. The second-order valence-corrected chi connectivity index (χ2v) is 5.28. The van der Waals surface area contributed by atoms with E-state index in [9.17, 15) is 0 Å². The molecule has 18 heavy (non-hydrogen) atoms. The van der Waals surface area contributed by atoms with Crippen molar-refractivity contribution in [2.24, 2.45) is 5.92 Å². The van der Waals surface area contributed by atoms with Gasteiger partial charge in [0, 0.05) is 17.8 Å². The molecule has 2 aromatic rings. The van der Waals surface area contributed by atoms with Crippen LogP contribution in [-0.4, -0.2) is 20.2 Å². The minimum absolute atomic E-state index is 0.410. The molecule has 0 unspecified atom stereocenters. The van der Waals surface area contributed by atoms with Crippen molar-refractivity contribution >= 4 is 28.9 Å². The molecule has 5 nitrogen and oxygen atoms in total. The van der Waals surface area contributed by atoms with Crippen molar-refractivity contribution in [3.63, 3.8) is 0 Å². The maximum absolute atomic E-state index is 6.18. The first-order chi connectivity index (χ1) is 8.65. The molecule has 0 amide bonds. The van der Waals surface area contributed by atoms with E-state index in [1.807, 2.05) is 0 Å². The van der Waals surface area contributed by atoms with Gasteiger partial charge in [0.25, 0.3) is 0 Å². The third kappa shape index (κ3) is 2.15. The average molecular weight is 284 g/mol. The van der Waals surface area contributed by atoms with E-state index < -0.39 is 0 Å². The smallest absolute Gasteiger partial charge is 0.183 e. The minimum Gasteiger partial charge on any atom is -0.399 e. The summed E-state index contributed by atoms with van der Waals surface area (Å²) in [6.07, 6.45) is 2.45. The summed E-state index contributed by atoms with van der Waals surface area (Å²) in [6, 6.07) is 3.35. The van der Waals surface area contributed by atoms with Gasteiger partial charge in [-0.05, 0) is 41.3 Å². The molecule has 0 aliphatic heterocycles. The Morgan fingerprint density at radius 2 is 2.11 bits per heavy atom. The molecule has 0 radical (unpaired) electrons. The van der Waals surface area contributed by atoms with E-state index in [1.54, 1.807) is 16.8 Å². The highest BCUT2D eigenvalue weighted by atomic mass is 35.5. The lowest BCUT2D eigenvalue weighted by Crippen LogP contribution is -2.05. The molecule has 0 atom stereocenters. The van der Waals surface area contributed by atoms with Crippen LogP contribution < -0.4 is 5.73 Å². The highest BCUT2D eigenvalue weighted by molar-refractivity contribution is 6.43. The van der Waals surface area contributed by atoms with Gasteiger partial charge in [-0.25, -0.2) is 4.68 Å². The van der Waals surface area contributed by atoms with Crippen molar-refractivity contribution in [2.45, 2.75) is 19.4 Å². The van der Waals surface area contributed by atoms with E-state index in [2.05, 4.69) is 15.5 Å². The van der Waals surface area contributed by atoms with Crippen LogP contribution in [0.15, 0.2) is 12.1 Å². The van der Waals surface area contributed by atoms with Crippen molar-refractivity contribution in [2.75, 3.05) is 5.73 Å². The van der Waals surface area contributed by atoms with Gasteiger partial charge < -0.3 is 5.73 Å². The highest BCUT2D eigenvalue weighted by Gasteiger charge is 2.25. The van der Waals surface area contributed by atoms with Crippen molar-refractivity contribution in [1.82, 2.24) is 20.2 Å². The van der Waals surface area contributed by atoms with Gasteiger partial charge in [0.2, 0.25) is 0 Å². The van der Waals surface area contributed by atoms with Crippen LogP contribution in [0.4, 0.5) is 5.69 Å². The summed E-state index contributed by atoms with van der Waals surface area (Å²) >= 11 is 12.2. The molecule has 0 spiro atoms. The molecule has 3 rings (SSSR count). The van der Waals surface area contributed by atoms with Gasteiger partial charge in [-0.1, -0.05) is 23.2 Å². The quantitative estimate of drug-likeness (QED) is 0.880. The monoisotopic (exact) mass is 283 g/mol. The number of nitrogen functional groups attached to an aromatic ring is 1. The fraction of sp³-hybridized carbons (Fsp3) is 0.364. The Balaban J connectivity index is 2.06. The van der Waals surface area contributed by atoms with E-state index in [-0.39, 0.29) is 0 Å². The zero-order chi connectivity index (χ0) is 12.7. The first-order valence-corrected chi connectivity index (χ1v) is 6.42. The standard InChI is InChI=1S/C11H11Cl2N5/c12-9-4-7(14)3-8(10(9)13)11-15-16-17-18(11)5-6-1-2-6/h3-4,6H,1-2,5,14H2. The van der Waals surface area contributed by atoms with Crippen LogP contribution in [-0.2, 0) is 6.54 Å². The van der Waals surface area contributed by atoms with Gasteiger partial charge >= 0.3 is 0 Å². The molecule has 1 fully saturated rings. The Kier molecular flexibility index (Phi) is 2.87. The van der Waals surface area contributed by atoms with Crippen molar-refractivity contribution in [3.05, 3.63) is 22.2 Å². The fourth-order valence-electron chi connectivity index (χ4n) is 1.84. The summed E-state index contributed by atoms with van der Waals surface area (Å²) in [5, 5.41) is 12.5. The van der Waals surface area contributed by atoms with Gasteiger partial charge in [0.15, 0.2) is 5.82 Å². The third-order valence-corrected chi connectivity index (χ3v) is 3.75. The number of nitrogens with two attached hydrogens (primary N) is 1. The number of aromatic nitrogens is 4. The van der Waals surface area contributed by atoms with Crippen molar-refractivity contribution in [1.29, 1.82) is 0 Å². The van der Waals surface area contributed by atoms with Crippen LogP contribution in [0, 0.1) is 5.92 Å². The number of benzene rings is 1. The summed E-state index contributed by atoms with van der Waals surface area (Å²) in [4.78, 5) is 0. The van der Waals surface area contributed by atoms with E-state index in [1.165, 1.54) is 12.8 Å². The van der Waals surface area contributed by atoms with Crippen LogP contribution in [0.25, 0.3) is 11.4 Å². The lowest BCUT2D eigenvalue weighted by atomic mass is 10.2. The predicted octanol–water partition coefficient (Wildman–Crippen LogP) is 2.64. The number of anilines is 1. The SMILES string of the molecule is Nc1cc(Cl)c(Cl)c(-c2nnnn2CC2CC2)c1. The molecule has 1 heterocycles. The van der Waals surface area contributed by atoms with Crippen LogP contribution >= 0.6 is 23.2 Å². The second kappa shape index (κ2) is 4.40. The number of hydrogen-bond donors (Lipinski definition) is 1. The lowest BCUT2D eigenvalue weighted by Gasteiger charge is -2.07. The predicted molar refractivity (Wildman–Crippen MR) is 70.4 cm³/mol. The molecular formula is C11H11Cl2N5. The zero-order valence-corrected chi connectivity index (χ0v) is 11.0. The third-order valence-electron chi connectivity index (χ3n) is 2.95. The van der Waals surface area contributed by atoms with E-state index in [4.69, 9.17) is 28.9 Å². The average Bonchev–Trinajstić information content (AvgIpc) is 3.01. The summed E-state index contributed by atoms with van der Waals surface area (Å²) in [7, 11) is 0. The fourth-order valence-corrected chi connectivity index (χ4v) is 2.26. The van der Waals surface area contributed by atoms with Crippen LogP contribution in [0.3, 0.4) is 0 Å². The molecule has 1 aromatic heterocycles. The summed E-state index contributed by atoms with van der Waals surface area (Å²) < 4.78 is 1.76. The topological polar surface area (TPSA) is 69.6 Å². The molecule has 1 aliphatic carbocycles. The van der Waals surface area contributed by atoms with E-state index >= 15 is 0 Å². The van der Waals surface area contributed by atoms with E-state index in [0.29, 0.717) is 33.0 Å². The summed E-state index contributed by atoms with van der Waals surface area (Å²) in [5.41, 5.74) is 6.99. The first kappa shape index (κ1) is 11.7. The summed E-state index contributed by atoms with van der Waals surface area (Å²) in [5.74, 6) is 1.28. The molecule has 1 aliphatic rings. The number of nitrogens with zero attached hydrogens (tertiary/aromatic N) is 4. The Hall–Kier alpha value is -1.33. The highest BCUT2D eigenvalue weighted by Crippen LogP contribution is 2.36. The normalized spacial score (nSPS) is 15.0. The van der Waals surface area contributed by atoms with Crippen molar-refractivity contribution < 1.29 is 0 Å². The number of rotatable bonds is 3. The molecule has 1 aromatic carbocycles. The van der Waals surface area contributed by atoms with Gasteiger partial charge in [-0.15, -0.1) is 5.10 Å². The molecule has 0 bridgehead atoms. The Morgan fingerprint density at radius 3 is 2.83 bits per heavy atom. The van der Waals surface area contributed by atoms with Gasteiger partial charge in [0.05, 0.1) is 10.0 Å². The first-order valence-electron chi connectivity index (χ1n) is 5.66. The lowest BCUT2D eigenvalue weighted by molar-refractivity contribution is 0.548. The maximum Gasteiger partial charge on any atom is 0.183 e. The molecule has 1 saturated carbocycles. The van der Waals surface area contributed by atoms with Gasteiger partial charge in [0.1, 0.15) is 0 Å². The molecule has 94 valence electrons. The molecule has 2 N–H and O–H groups in total. The van der Waals surface area contributed by atoms with Crippen molar-refractivity contribution in [3.8, 4) is 11.4 Å². The van der Waals surface area contributed by atoms with Crippen LogP contribution in [0.1, 0.15) is 12.8 Å². The second-order valence-electron chi connectivity index (χ2n) is 4.49. The minimum atomic E-state index is 0.410. The Bertz CT molecular complexity index is 591. The molecule has 0 saturated heterocycles. The molecular weight excluding hydrogens is 273 g/mol. The Morgan fingerprint density at radius 1 is 1.33 bits per heavy atom. The number of tetrazole rings is 1. The van der Waals surface area contributed by atoms with Crippen LogP contribution in [0.2, 0.25) is 10.0 Å². The zero-order valence-electron chi connectivity index (χ0n) is 9.48. The Labute approximate surface area is 114 Å². The van der Waals surface area contributed by atoms with E-state index in [0.717, 1.165) is 6.54 Å². The van der Waals surface area contributed by atoms with Crippen LogP contribution in [0.5, 0.6) is 0 Å². The van der Waals surface area contributed by atoms with Gasteiger partial charge in [-0.2, -0.15) is 0 Å². The van der Waals surface area contributed by atoms with Gasteiger partial charge in [-0.3, -0.25) is 0 Å². The number of hydrogen-bond acceptors (Lipinski definition) is 4. The number of halogens is 2. The maximum atomic E-state index is 6.18. The largest absolute Gasteiger partial charge is 0.399 e. The molecule has 7 heteroatoms.